The van der Waals surface area contributed by atoms with E-state index in [1.807, 2.05) is 11.9 Å². The third-order valence-corrected chi connectivity index (χ3v) is 3.04. The fourth-order valence-corrected chi connectivity index (χ4v) is 1.96. The summed E-state index contributed by atoms with van der Waals surface area (Å²) in [6.07, 6.45) is 4.13. The number of rotatable bonds is 7. The highest BCUT2D eigenvalue weighted by Gasteiger charge is 2.25. The van der Waals surface area contributed by atoms with Crippen LogP contribution in [0.15, 0.2) is 12.2 Å². The minimum absolute atomic E-state index is 0.0749. The van der Waals surface area contributed by atoms with Crippen molar-refractivity contribution in [2.75, 3.05) is 26.7 Å². The lowest BCUT2D eigenvalue weighted by atomic mass is 10.0. The van der Waals surface area contributed by atoms with Crippen molar-refractivity contribution in [2.24, 2.45) is 0 Å². The van der Waals surface area contributed by atoms with Crippen molar-refractivity contribution in [3.63, 3.8) is 0 Å². The minimum atomic E-state index is -1.26. The lowest BCUT2D eigenvalue weighted by Gasteiger charge is -2.31. The third kappa shape index (κ3) is 11.0. The Morgan fingerprint density at radius 1 is 1.29 bits per heavy atom. The van der Waals surface area contributed by atoms with Crippen molar-refractivity contribution in [3.8, 4) is 0 Å². The van der Waals surface area contributed by atoms with E-state index >= 15 is 0 Å². The number of nitrogens with zero attached hydrogens (tertiary/aromatic N) is 2. The quantitative estimate of drug-likeness (QED) is 0.239. The summed E-state index contributed by atoms with van der Waals surface area (Å²) in [4.78, 5) is 46.7. The molecule has 1 rings (SSSR count). The van der Waals surface area contributed by atoms with Gasteiger partial charge in [-0.2, -0.15) is 0 Å². The minimum Gasteiger partial charge on any atom is -0.478 e. The molecule has 1 amide bonds. The number of likely N-dealkylation sites (tertiary alicyclic amines) is 1. The lowest BCUT2D eigenvalue weighted by molar-refractivity contribution is -0.757. The zero-order valence-corrected chi connectivity index (χ0v) is 13.2. The fraction of sp³-hybridized carbons (Fsp3) is 0.615. The largest absolute Gasteiger partial charge is 0.478 e. The number of carboxylic acid groups (broad SMARTS) is 2. The van der Waals surface area contributed by atoms with E-state index in [0.717, 1.165) is 25.8 Å². The summed E-state index contributed by atoms with van der Waals surface area (Å²) < 4.78 is 0. The van der Waals surface area contributed by atoms with Gasteiger partial charge in [-0.3, -0.25) is 9.69 Å². The molecular weight excluding hydrogens is 326 g/mol. The first kappa shape index (κ1) is 21.3. The Morgan fingerprint density at radius 2 is 1.88 bits per heavy atom. The summed E-state index contributed by atoms with van der Waals surface area (Å²) in [7, 11) is 1.91. The molecule has 0 bridgehead atoms. The predicted molar refractivity (Wildman–Crippen MR) is 80.6 cm³/mol. The number of hydrogen-bond acceptors (Lipinski definition) is 7. The summed E-state index contributed by atoms with van der Waals surface area (Å²) in [5, 5.41) is 27.3. The van der Waals surface area contributed by atoms with Crippen LogP contribution < -0.4 is 5.32 Å². The Morgan fingerprint density at radius 3 is 2.33 bits per heavy atom. The van der Waals surface area contributed by atoms with Gasteiger partial charge >= 0.3 is 11.9 Å². The second-order valence-corrected chi connectivity index (χ2v) is 4.85. The van der Waals surface area contributed by atoms with Gasteiger partial charge in [0.05, 0.1) is 6.04 Å². The molecule has 0 aliphatic carbocycles. The van der Waals surface area contributed by atoms with Gasteiger partial charge < -0.3 is 20.4 Å². The smallest absolute Gasteiger partial charge is 0.328 e. The molecule has 0 aromatic carbocycles. The molecule has 1 aliphatic rings. The summed E-state index contributed by atoms with van der Waals surface area (Å²) in [5.74, 6) is -2.59. The molecule has 1 fully saturated rings. The van der Waals surface area contributed by atoms with Crippen LogP contribution in [-0.2, 0) is 19.2 Å². The number of piperidine rings is 1. The molecular formula is C13H21N3O8. The molecule has 136 valence electrons. The summed E-state index contributed by atoms with van der Waals surface area (Å²) in [6, 6.07) is -0.107. The highest BCUT2D eigenvalue weighted by molar-refractivity contribution is 5.89. The van der Waals surface area contributed by atoms with Gasteiger partial charge in [-0.15, -0.1) is 10.1 Å². The molecule has 0 aromatic heterocycles. The maximum absolute atomic E-state index is 11.7. The van der Waals surface area contributed by atoms with Gasteiger partial charge in [-0.25, -0.2) is 9.59 Å². The van der Waals surface area contributed by atoms with Crippen LogP contribution in [-0.4, -0.2) is 70.8 Å². The molecule has 3 N–H and O–H groups in total. The van der Waals surface area contributed by atoms with Crippen molar-refractivity contribution >= 4 is 17.8 Å². The van der Waals surface area contributed by atoms with E-state index in [1.54, 1.807) is 0 Å². The van der Waals surface area contributed by atoms with Gasteiger partial charge in [-0.1, -0.05) is 6.42 Å². The van der Waals surface area contributed by atoms with Gasteiger partial charge in [-0.05, 0) is 26.4 Å². The van der Waals surface area contributed by atoms with E-state index in [2.05, 4.69) is 10.2 Å². The fourth-order valence-electron chi connectivity index (χ4n) is 1.96. The molecule has 1 atom stereocenters. The zero-order chi connectivity index (χ0) is 18.5. The van der Waals surface area contributed by atoms with Crippen LogP contribution in [0.1, 0.15) is 19.3 Å². The van der Waals surface area contributed by atoms with Gasteiger partial charge in [0.1, 0.15) is 6.61 Å². The average molecular weight is 347 g/mol. The van der Waals surface area contributed by atoms with E-state index in [0.29, 0.717) is 12.2 Å². The number of carboxylic acids is 2. The Balaban J connectivity index is 0.000000561. The Bertz CT molecular complexity index is 464. The molecule has 1 saturated heterocycles. The van der Waals surface area contributed by atoms with Crippen molar-refractivity contribution in [1.29, 1.82) is 0 Å². The number of amides is 1. The number of likely N-dealkylation sites (N-methyl/N-ethyl adjacent to an activating group) is 1. The van der Waals surface area contributed by atoms with Crippen LogP contribution in [0.4, 0.5) is 0 Å². The topological polar surface area (TPSA) is 159 Å². The molecule has 1 aliphatic heterocycles. The van der Waals surface area contributed by atoms with Crippen LogP contribution >= 0.6 is 0 Å². The molecule has 0 saturated carbocycles. The molecule has 11 heteroatoms. The third-order valence-electron chi connectivity index (χ3n) is 3.04. The van der Waals surface area contributed by atoms with Crippen LogP contribution in [0.2, 0.25) is 0 Å². The predicted octanol–water partition coefficient (Wildman–Crippen LogP) is -0.493. The number of aliphatic carboxylic acids is 2. The second-order valence-electron chi connectivity index (χ2n) is 4.85. The maximum atomic E-state index is 11.7. The number of carbonyl (C=O) groups excluding carboxylic acids is 1. The number of carbonyl (C=O) groups is 3. The molecule has 24 heavy (non-hydrogen) atoms. The van der Waals surface area contributed by atoms with Crippen LogP contribution in [0, 0.1) is 10.1 Å². The summed E-state index contributed by atoms with van der Waals surface area (Å²) >= 11 is 0. The van der Waals surface area contributed by atoms with Crippen LogP contribution in [0.25, 0.3) is 0 Å². The first-order valence-electron chi connectivity index (χ1n) is 7.13. The number of nitrogens with one attached hydrogen (secondary N) is 1. The second kappa shape index (κ2) is 11.8. The highest BCUT2D eigenvalue weighted by atomic mass is 16.9. The monoisotopic (exact) mass is 347 g/mol. The normalized spacial score (nSPS) is 17.5. The van der Waals surface area contributed by atoms with Gasteiger partial charge in [0.25, 0.3) is 5.09 Å². The first-order valence-corrected chi connectivity index (χ1v) is 7.13. The molecule has 0 aromatic rings. The molecule has 0 radical (unpaired) electrons. The highest BCUT2D eigenvalue weighted by Crippen LogP contribution is 2.14. The van der Waals surface area contributed by atoms with Crippen molar-refractivity contribution in [1.82, 2.24) is 10.2 Å². The van der Waals surface area contributed by atoms with Gasteiger partial charge in [0.2, 0.25) is 5.91 Å². The van der Waals surface area contributed by atoms with E-state index < -0.39 is 17.0 Å². The summed E-state index contributed by atoms with van der Waals surface area (Å²) in [6.45, 7) is 0.989. The van der Waals surface area contributed by atoms with Crippen molar-refractivity contribution < 1.29 is 34.5 Å². The molecule has 11 nitrogen and oxygen atoms in total. The molecule has 1 unspecified atom stereocenters. The van der Waals surface area contributed by atoms with Gasteiger partial charge in [0, 0.05) is 18.7 Å². The van der Waals surface area contributed by atoms with Crippen molar-refractivity contribution in [2.45, 2.75) is 25.3 Å². The van der Waals surface area contributed by atoms with Crippen LogP contribution in [0.5, 0.6) is 0 Å². The van der Waals surface area contributed by atoms with Crippen LogP contribution in [0.3, 0.4) is 0 Å². The van der Waals surface area contributed by atoms with E-state index in [4.69, 9.17) is 10.2 Å². The molecule has 0 spiro atoms. The first-order chi connectivity index (χ1) is 11.2. The van der Waals surface area contributed by atoms with E-state index in [-0.39, 0.29) is 25.1 Å². The Labute approximate surface area is 138 Å². The number of hydrogen-bond donors (Lipinski definition) is 3. The lowest BCUT2D eigenvalue weighted by Crippen LogP contribution is -2.48. The molecule has 1 heterocycles. The standard InChI is InChI=1S/C9H17N3O4.C4H4O4/c1-11-6-3-2-4-8(11)9(13)10-5-7-16-12(14)15;5-3(6)1-2-4(7)8/h8H,2-7H2,1H3,(H,10,13);1-2H,(H,5,6)(H,7,8). The van der Waals surface area contributed by atoms with E-state index in [9.17, 15) is 24.5 Å². The summed E-state index contributed by atoms with van der Waals surface area (Å²) in [5.41, 5.74) is 0. The SMILES string of the molecule is CN1CCCCC1C(=O)NCCO[N+](=O)[O-].O=C(O)C=CC(=O)O. The maximum Gasteiger partial charge on any atom is 0.328 e. The van der Waals surface area contributed by atoms with E-state index in [1.165, 1.54) is 0 Å². The zero-order valence-electron chi connectivity index (χ0n) is 13.2. The average Bonchev–Trinajstić information content (AvgIpc) is 2.50. The van der Waals surface area contributed by atoms with Gasteiger partial charge in [0.15, 0.2) is 0 Å². The van der Waals surface area contributed by atoms with Crippen molar-refractivity contribution in [3.05, 3.63) is 22.3 Å². The Hall–Kier alpha value is -2.69. The Kier molecular flexibility index (Phi) is 10.5.